The van der Waals surface area contributed by atoms with E-state index < -0.39 is 0 Å². The van der Waals surface area contributed by atoms with Crippen LogP contribution in [-0.4, -0.2) is 9.55 Å². The molecule has 60 valence electrons. The van der Waals surface area contributed by atoms with E-state index in [1.807, 2.05) is 0 Å². The van der Waals surface area contributed by atoms with Crippen LogP contribution in [0.4, 0.5) is 0 Å². The fourth-order valence-corrected chi connectivity index (χ4v) is 2.17. The van der Waals surface area contributed by atoms with Crippen LogP contribution in [0.5, 0.6) is 0 Å². The summed E-state index contributed by atoms with van der Waals surface area (Å²) in [6, 6.07) is 0. The maximum atomic E-state index is 4.50. The summed E-state index contributed by atoms with van der Waals surface area (Å²) in [5, 5.41) is 0. The zero-order valence-corrected chi connectivity index (χ0v) is 8.76. The number of aromatic nitrogens is 2. The van der Waals surface area contributed by atoms with Crippen molar-refractivity contribution in [3.8, 4) is 0 Å². The van der Waals surface area contributed by atoms with Gasteiger partial charge in [-0.1, -0.05) is 0 Å². The van der Waals surface area contributed by atoms with Crippen molar-refractivity contribution in [2.75, 3.05) is 0 Å². The highest BCUT2D eigenvalue weighted by atomic mass is 127. The van der Waals surface area contributed by atoms with Gasteiger partial charge in [0.2, 0.25) is 0 Å². The van der Waals surface area contributed by atoms with E-state index in [-0.39, 0.29) is 0 Å². The summed E-state index contributed by atoms with van der Waals surface area (Å²) in [6.07, 6.45) is 3.80. The average molecular weight is 262 g/mol. The van der Waals surface area contributed by atoms with Crippen molar-refractivity contribution >= 4 is 22.6 Å². The lowest BCUT2D eigenvalue weighted by Gasteiger charge is -2.14. The monoisotopic (exact) mass is 262 g/mol. The Labute approximate surface area is 80.2 Å². The third-order valence-corrected chi connectivity index (χ3v) is 3.30. The summed E-state index contributed by atoms with van der Waals surface area (Å²) in [5.41, 5.74) is 1.35. The first-order valence-electron chi connectivity index (χ1n) is 4.00. The van der Waals surface area contributed by atoms with Crippen LogP contribution in [0.3, 0.4) is 0 Å². The molecule has 2 rings (SSSR count). The summed E-state index contributed by atoms with van der Waals surface area (Å²) < 4.78 is 3.53. The van der Waals surface area contributed by atoms with Crippen LogP contribution < -0.4 is 0 Å². The van der Waals surface area contributed by atoms with Crippen molar-refractivity contribution in [3.05, 3.63) is 15.2 Å². The number of rotatable bonds is 0. The SMILES string of the molecule is Cc1c(I)nc2n1CCCC2. The molecule has 1 aromatic rings. The smallest absolute Gasteiger partial charge is 0.122 e. The molecule has 0 saturated carbocycles. The van der Waals surface area contributed by atoms with E-state index in [4.69, 9.17) is 0 Å². The van der Waals surface area contributed by atoms with Gasteiger partial charge in [-0.25, -0.2) is 4.98 Å². The largest absolute Gasteiger partial charge is 0.331 e. The Morgan fingerprint density at radius 1 is 1.45 bits per heavy atom. The van der Waals surface area contributed by atoms with Crippen LogP contribution in [0, 0.1) is 10.6 Å². The van der Waals surface area contributed by atoms with Gasteiger partial charge in [0.15, 0.2) is 0 Å². The van der Waals surface area contributed by atoms with Gasteiger partial charge in [0, 0.05) is 18.7 Å². The first-order valence-corrected chi connectivity index (χ1v) is 5.08. The van der Waals surface area contributed by atoms with Gasteiger partial charge in [-0.3, -0.25) is 0 Å². The van der Waals surface area contributed by atoms with Gasteiger partial charge >= 0.3 is 0 Å². The van der Waals surface area contributed by atoms with E-state index >= 15 is 0 Å². The lowest BCUT2D eigenvalue weighted by atomic mass is 10.2. The molecule has 0 unspecified atom stereocenters. The van der Waals surface area contributed by atoms with Crippen LogP contribution in [0.25, 0.3) is 0 Å². The second-order valence-electron chi connectivity index (χ2n) is 3.01. The molecule has 0 atom stereocenters. The third-order valence-electron chi connectivity index (χ3n) is 2.27. The van der Waals surface area contributed by atoms with Crippen LogP contribution in [0.15, 0.2) is 0 Å². The van der Waals surface area contributed by atoms with Gasteiger partial charge in [-0.15, -0.1) is 0 Å². The molecule has 0 aromatic carbocycles. The van der Waals surface area contributed by atoms with Gasteiger partial charge in [-0.2, -0.15) is 0 Å². The predicted octanol–water partition coefficient (Wildman–Crippen LogP) is 2.13. The van der Waals surface area contributed by atoms with E-state index in [2.05, 4.69) is 39.1 Å². The minimum atomic E-state index is 1.17. The first-order chi connectivity index (χ1) is 5.29. The minimum Gasteiger partial charge on any atom is -0.331 e. The molecule has 1 aliphatic heterocycles. The van der Waals surface area contributed by atoms with Crippen LogP contribution >= 0.6 is 22.6 Å². The molecule has 0 N–H and O–H groups in total. The van der Waals surface area contributed by atoms with Gasteiger partial charge in [0.1, 0.15) is 9.53 Å². The van der Waals surface area contributed by atoms with Crippen molar-refractivity contribution in [2.45, 2.75) is 32.7 Å². The zero-order valence-electron chi connectivity index (χ0n) is 6.60. The fourth-order valence-electron chi connectivity index (χ4n) is 1.60. The highest BCUT2D eigenvalue weighted by Crippen LogP contribution is 2.19. The number of imidazole rings is 1. The van der Waals surface area contributed by atoms with E-state index in [1.165, 1.54) is 41.0 Å². The Bertz CT molecular complexity index is 278. The van der Waals surface area contributed by atoms with Crippen LogP contribution in [0.2, 0.25) is 0 Å². The van der Waals surface area contributed by atoms with Gasteiger partial charge in [0.25, 0.3) is 0 Å². The second kappa shape index (κ2) is 2.77. The summed E-state index contributed by atoms with van der Waals surface area (Å²) in [5.74, 6) is 1.29. The Morgan fingerprint density at radius 3 is 3.00 bits per heavy atom. The topological polar surface area (TPSA) is 17.8 Å². The molecular weight excluding hydrogens is 251 g/mol. The summed E-state index contributed by atoms with van der Waals surface area (Å²) in [7, 11) is 0. The molecule has 0 aliphatic carbocycles. The quantitative estimate of drug-likeness (QED) is 0.655. The number of fused-ring (bicyclic) bond motifs is 1. The van der Waals surface area contributed by atoms with Gasteiger partial charge < -0.3 is 4.57 Å². The van der Waals surface area contributed by atoms with E-state index in [0.717, 1.165) is 0 Å². The molecule has 1 aliphatic rings. The number of aryl methyl sites for hydroxylation is 1. The van der Waals surface area contributed by atoms with Crippen molar-refractivity contribution in [2.24, 2.45) is 0 Å². The Morgan fingerprint density at radius 2 is 2.27 bits per heavy atom. The Kier molecular flexibility index (Phi) is 1.91. The molecule has 2 heterocycles. The van der Waals surface area contributed by atoms with E-state index in [1.54, 1.807) is 0 Å². The molecule has 0 radical (unpaired) electrons. The molecule has 2 nitrogen and oxygen atoms in total. The zero-order chi connectivity index (χ0) is 7.84. The number of hydrogen-bond donors (Lipinski definition) is 0. The molecule has 0 fully saturated rings. The molecule has 1 aromatic heterocycles. The molecule has 0 saturated heterocycles. The standard InChI is InChI=1S/C8H11IN2/c1-6-8(9)10-7-4-2-3-5-11(6)7/h2-5H2,1H3. The molecule has 11 heavy (non-hydrogen) atoms. The number of nitrogens with zero attached hydrogens (tertiary/aromatic N) is 2. The van der Waals surface area contributed by atoms with Gasteiger partial charge in [0.05, 0.1) is 0 Å². The lowest BCUT2D eigenvalue weighted by Crippen LogP contribution is -2.11. The van der Waals surface area contributed by atoms with Gasteiger partial charge in [-0.05, 0) is 42.4 Å². The van der Waals surface area contributed by atoms with E-state index in [0.29, 0.717) is 0 Å². The normalized spacial score (nSPS) is 16.5. The summed E-state index contributed by atoms with van der Waals surface area (Å²) in [4.78, 5) is 4.50. The fraction of sp³-hybridized carbons (Fsp3) is 0.625. The Hall–Kier alpha value is -0.0600. The lowest BCUT2D eigenvalue weighted by molar-refractivity contribution is 0.514. The molecular formula is C8H11IN2. The first kappa shape index (κ1) is 7.58. The van der Waals surface area contributed by atoms with Crippen molar-refractivity contribution in [1.82, 2.24) is 9.55 Å². The highest BCUT2D eigenvalue weighted by molar-refractivity contribution is 14.1. The van der Waals surface area contributed by atoms with E-state index in [9.17, 15) is 0 Å². The second-order valence-corrected chi connectivity index (χ2v) is 4.03. The summed E-state index contributed by atoms with van der Waals surface area (Å²) in [6.45, 7) is 3.33. The highest BCUT2D eigenvalue weighted by Gasteiger charge is 2.14. The average Bonchev–Trinajstić information content (AvgIpc) is 2.30. The van der Waals surface area contributed by atoms with Crippen molar-refractivity contribution < 1.29 is 0 Å². The Balaban J connectivity index is 2.50. The molecule has 3 heteroatoms. The van der Waals surface area contributed by atoms with Crippen LogP contribution in [0.1, 0.15) is 24.4 Å². The predicted molar refractivity (Wildman–Crippen MR) is 52.6 cm³/mol. The minimum absolute atomic E-state index is 1.17. The summed E-state index contributed by atoms with van der Waals surface area (Å²) >= 11 is 2.31. The third kappa shape index (κ3) is 1.19. The molecule has 0 spiro atoms. The molecule has 0 amide bonds. The number of halogens is 1. The maximum absolute atomic E-state index is 4.50. The van der Waals surface area contributed by atoms with Crippen molar-refractivity contribution in [3.63, 3.8) is 0 Å². The maximum Gasteiger partial charge on any atom is 0.122 e. The van der Waals surface area contributed by atoms with Crippen LogP contribution in [-0.2, 0) is 13.0 Å². The van der Waals surface area contributed by atoms with Crippen molar-refractivity contribution in [1.29, 1.82) is 0 Å². The number of hydrogen-bond acceptors (Lipinski definition) is 1. The molecule has 0 bridgehead atoms.